The molecule has 6 heterocycles. The van der Waals surface area contributed by atoms with E-state index < -0.39 is 0 Å². The van der Waals surface area contributed by atoms with Gasteiger partial charge in [0.25, 0.3) is 0 Å². The molecular formula is C110H138N3+3. The molecule has 113 heavy (non-hydrogen) atoms. The van der Waals surface area contributed by atoms with Gasteiger partial charge in [-0.05, 0) is 157 Å². The quantitative estimate of drug-likeness (QED) is 0.134. The van der Waals surface area contributed by atoms with Crippen LogP contribution in [0.4, 0.5) is 0 Å². The molecule has 0 saturated carbocycles. The number of pyridine rings is 3. The number of hydrogen-bond donors (Lipinski definition) is 0. The van der Waals surface area contributed by atoms with Crippen molar-refractivity contribution in [2.45, 2.75) is 274 Å². The van der Waals surface area contributed by atoms with Crippen molar-refractivity contribution in [3.63, 3.8) is 0 Å². The Balaban J connectivity index is 0.000000175. The summed E-state index contributed by atoms with van der Waals surface area (Å²) in [5.74, 6) is 0.929. The molecule has 9 aliphatic rings. The summed E-state index contributed by atoms with van der Waals surface area (Å²) >= 11 is 0. The van der Waals surface area contributed by atoms with Gasteiger partial charge in [-0.25, -0.2) is 0 Å². The second kappa shape index (κ2) is 37.6. The highest BCUT2D eigenvalue weighted by Crippen LogP contribution is 2.56. The molecule has 0 radical (unpaired) electrons. The van der Waals surface area contributed by atoms with Crippen molar-refractivity contribution >= 4 is 0 Å². The molecule has 0 amide bonds. The minimum absolute atomic E-state index is 0.0522. The normalized spacial score (nSPS) is 15.7. The maximum Gasteiger partial charge on any atom is 0.198 e. The van der Waals surface area contributed by atoms with Gasteiger partial charge in [0.2, 0.25) is 0 Å². The Morgan fingerprint density at radius 1 is 0.230 bits per heavy atom. The molecule has 3 nitrogen and oxygen atoms in total. The number of fused-ring (bicyclic) bond motifs is 24. The first-order chi connectivity index (χ1) is 55.2. The van der Waals surface area contributed by atoms with Crippen LogP contribution in [0, 0.1) is 20.8 Å². The summed E-state index contributed by atoms with van der Waals surface area (Å²) in [6, 6.07) is 75.5. The van der Waals surface area contributed by atoms with Crippen molar-refractivity contribution < 1.29 is 13.7 Å². The molecule has 0 bridgehead atoms. The molecule has 6 aliphatic carbocycles. The fraction of sp³-hybridized carbons (Fsp3) is 0.373. The Labute approximate surface area is 685 Å². The van der Waals surface area contributed by atoms with Gasteiger partial charge in [-0.2, -0.15) is 13.7 Å². The predicted molar refractivity (Wildman–Crippen MR) is 488 cm³/mol. The third-order valence-electron chi connectivity index (χ3n) is 24.0. The van der Waals surface area contributed by atoms with Crippen molar-refractivity contribution in [3.05, 3.63) is 369 Å². The van der Waals surface area contributed by atoms with Crippen molar-refractivity contribution in [2.24, 2.45) is 0 Å². The first-order valence-electron chi connectivity index (χ1n) is 44.3. The molecule has 9 aromatic carbocycles. The third kappa shape index (κ3) is 14.6. The largest absolute Gasteiger partial charge is 0.198 e. The topological polar surface area (TPSA) is 11.6 Å². The maximum absolute atomic E-state index is 2.64. The summed E-state index contributed by atoms with van der Waals surface area (Å²) in [5, 5.41) is 0. The molecule has 0 saturated heterocycles. The van der Waals surface area contributed by atoms with Crippen LogP contribution in [0.3, 0.4) is 0 Å². The van der Waals surface area contributed by atoms with Crippen LogP contribution in [0.25, 0.3) is 33.4 Å². The average Bonchev–Trinajstić information content (AvgIpc) is 1.66. The van der Waals surface area contributed by atoms with Crippen molar-refractivity contribution in [1.29, 1.82) is 0 Å². The van der Waals surface area contributed by atoms with Crippen LogP contribution in [-0.4, -0.2) is 0 Å². The zero-order valence-corrected chi connectivity index (χ0v) is 75.1. The van der Waals surface area contributed by atoms with Gasteiger partial charge in [0.05, 0.1) is 17.8 Å². The Bertz CT molecular complexity index is 5310. The summed E-state index contributed by atoms with van der Waals surface area (Å²) in [6.07, 6.45) is 13.5. The van der Waals surface area contributed by atoms with Crippen LogP contribution in [0.5, 0.6) is 0 Å². The summed E-state index contributed by atoms with van der Waals surface area (Å²) < 4.78 is 7.84. The predicted octanol–water partition coefficient (Wildman–Crippen LogP) is 28.4. The lowest BCUT2D eigenvalue weighted by atomic mass is 9.68. The second-order valence-corrected chi connectivity index (χ2v) is 30.0. The van der Waals surface area contributed by atoms with E-state index in [1.807, 2.05) is 138 Å². The second-order valence-electron chi connectivity index (χ2n) is 30.0. The molecule has 0 fully saturated rings. The highest BCUT2D eigenvalue weighted by atomic mass is 15.1. The molecular weight excluding hydrogens is 1360 g/mol. The molecule has 0 N–H and O–H groups in total. The van der Waals surface area contributed by atoms with E-state index in [1.54, 1.807) is 22.3 Å². The van der Waals surface area contributed by atoms with Gasteiger partial charge in [0.15, 0.2) is 52.3 Å². The Kier molecular flexibility index (Phi) is 29.1. The van der Waals surface area contributed by atoms with E-state index in [0.717, 1.165) is 38.5 Å². The van der Waals surface area contributed by atoms with E-state index in [4.69, 9.17) is 0 Å². The highest BCUT2D eigenvalue weighted by Gasteiger charge is 2.54. The molecule has 3 heteroatoms. The van der Waals surface area contributed by atoms with Gasteiger partial charge in [-0.15, -0.1) is 0 Å². The molecule has 12 aromatic rings. The summed E-state index contributed by atoms with van der Waals surface area (Å²) in [6.45, 7) is 61.2. The number of rotatable bonds is 0. The van der Waals surface area contributed by atoms with Crippen molar-refractivity contribution in [1.82, 2.24) is 0 Å². The SMILES string of the molecule is CC.CC.CC.CC.CC.CC.CC.CC.CC.CC.Cc1cccc2c1C(C)(C)[n+]1cc3c(c4c1C2c1ccccc1C4)-c1ccccc1C3.Cc1cccc2c1C(C)(C)[n+]1cc3c(c4c1C2c1ccccc1C4)Cc1ccccc1-3.Cc1cccc2c1C(C)(C)[n+]1cccc3c1C2c1ccc2c(c1C3)-c1ccccc1C2. The van der Waals surface area contributed by atoms with E-state index in [2.05, 4.69) is 295 Å². The number of aryl methyl sites for hydroxylation is 3. The van der Waals surface area contributed by atoms with Crippen LogP contribution in [-0.2, 0) is 55.1 Å². The lowest BCUT2D eigenvalue weighted by Gasteiger charge is -2.39. The number of nitrogens with zero attached hydrogens (tertiary/aromatic N) is 3. The molecule has 3 aromatic heterocycles. The van der Waals surface area contributed by atoms with E-state index in [0.29, 0.717) is 17.8 Å². The third-order valence-corrected chi connectivity index (χ3v) is 24.0. The Morgan fingerprint density at radius 2 is 0.566 bits per heavy atom. The first kappa shape index (κ1) is 87.4. The van der Waals surface area contributed by atoms with E-state index in [-0.39, 0.29) is 16.6 Å². The van der Waals surface area contributed by atoms with Crippen molar-refractivity contribution in [2.75, 3.05) is 0 Å². The zero-order chi connectivity index (χ0) is 82.7. The van der Waals surface area contributed by atoms with Crippen LogP contribution in [0.2, 0.25) is 0 Å². The summed E-state index contributed by atoms with van der Waals surface area (Å²) in [5.41, 5.74) is 48.8. The zero-order valence-electron chi connectivity index (χ0n) is 75.1. The number of aromatic nitrogens is 3. The van der Waals surface area contributed by atoms with Crippen LogP contribution < -0.4 is 13.7 Å². The van der Waals surface area contributed by atoms with Gasteiger partial charge in [0, 0.05) is 123 Å². The number of hydrogen-bond acceptors (Lipinski definition) is 0. The molecule has 3 atom stereocenters. The summed E-state index contributed by atoms with van der Waals surface area (Å²) in [4.78, 5) is 0. The van der Waals surface area contributed by atoms with Gasteiger partial charge < -0.3 is 0 Å². The van der Waals surface area contributed by atoms with E-state index in [9.17, 15) is 0 Å². The van der Waals surface area contributed by atoms with Crippen LogP contribution >= 0.6 is 0 Å². The summed E-state index contributed by atoms with van der Waals surface area (Å²) in [7, 11) is 0. The molecule has 21 rings (SSSR count). The van der Waals surface area contributed by atoms with Crippen LogP contribution in [0.1, 0.15) is 348 Å². The molecule has 3 aliphatic heterocycles. The lowest BCUT2D eigenvalue weighted by molar-refractivity contribution is -0.757. The van der Waals surface area contributed by atoms with Crippen LogP contribution in [0.15, 0.2) is 219 Å². The average molecular weight is 1500 g/mol. The van der Waals surface area contributed by atoms with Gasteiger partial charge in [-0.3, -0.25) is 0 Å². The number of benzene rings is 9. The Hall–Kier alpha value is -9.57. The Morgan fingerprint density at radius 3 is 1.04 bits per heavy atom. The highest BCUT2D eigenvalue weighted by molar-refractivity contribution is 5.84. The fourth-order valence-electron chi connectivity index (χ4n) is 20.5. The van der Waals surface area contributed by atoms with E-state index >= 15 is 0 Å². The van der Waals surface area contributed by atoms with Gasteiger partial charge >= 0.3 is 0 Å². The smallest absolute Gasteiger partial charge is 0.192 e. The fourth-order valence-corrected chi connectivity index (χ4v) is 20.5. The minimum atomic E-state index is -0.0832. The minimum Gasteiger partial charge on any atom is -0.192 e. The molecule has 0 spiro atoms. The molecule has 3 unspecified atom stereocenters. The standard InChI is InChI=1S/3C30H26N.10C2H6/c1-18-9-8-14-24-27-23-13-7-5-11-20(23)16-25-26-21(15-19-10-4-6-12-22(19)26)17-31(29(25)27)30(2,3)28(18)24;1-18-9-8-14-23-27-22-13-7-5-11-20(22)16-25-24-15-19-10-4-6-12-21(19)26(24)17-31(29(25)27)30(2,3)28(18)23;1-18-8-6-12-24-27-23-14-13-20-16-19-9-4-5-11-22(19)26(20)25(23)17-21-10-7-15-31(29(21)27)30(2,3)28(18)24;10*1-2/h2*4-14,17,27H,15-16H2,1-3H3;4-15,27H,16-17H2,1-3H3;10*1-2H3/q3*+1;;;;;;;;;;. The van der Waals surface area contributed by atoms with Gasteiger partial charge in [-0.1, -0.05) is 327 Å². The van der Waals surface area contributed by atoms with Gasteiger partial charge in [0.1, 0.15) is 0 Å². The molecule has 590 valence electrons. The first-order valence-corrected chi connectivity index (χ1v) is 44.3. The maximum atomic E-state index is 2.64. The van der Waals surface area contributed by atoms with E-state index in [1.165, 1.54) is 162 Å². The monoisotopic (exact) mass is 1500 g/mol. The lowest BCUT2D eigenvalue weighted by Crippen LogP contribution is -2.61. The van der Waals surface area contributed by atoms with Crippen molar-refractivity contribution in [3.8, 4) is 33.4 Å².